The molecule has 0 saturated carbocycles. The van der Waals surface area contributed by atoms with E-state index in [9.17, 15) is 4.79 Å². The summed E-state index contributed by atoms with van der Waals surface area (Å²) in [5.41, 5.74) is 4.30. The maximum atomic E-state index is 11.2. The van der Waals surface area contributed by atoms with Gasteiger partial charge in [-0.2, -0.15) is 0 Å². The summed E-state index contributed by atoms with van der Waals surface area (Å²) in [6.45, 7) is 10.1. The summed E-state index contributed by atoms with van der Waals surface area (Å²) in [7, 11) is 0. The van der Waals surface area contributed by atoms with E-state index < -0.39 is 0 Å². The second kappa shape index (κ2) is 11.9. The smallest absolute Gasteiger partial charge is 0.303 e. The third kappa shape index (κ3) is 7.09. The standard InChI is InChI=1S/C20H24N2O2.C2H6/c1-4-18-10-11-19(12-20(18)15(2)24-16(3)23)22-14-21-13-17-8-6-5-7-9-17;1-2/h5-12,14-15H,4,13H2,1-3H3,(H,21,22);1-2H3. The van der Waals surface area contributed by atoms with Crippen molar-refractivity contribution in [3.63, 3.8) is 0 Å². The Labute approximate surface area is 157 Å². The topological polar surface area (TPSA) is 50.7 Å². The molecule has 0 amide bonds. The van der Waals surface area contributed by atoms with Crippen molar-refractivity contribution in [2.75, 3.05) is 5.32 Å². The van der Waals surface area contributed by atoms with Crippen LogP contribution in [0.5, 0.6) is 0 Å². The first-order chi connectivity index (χ1) is 12.6. The second-order valence-electron chi connectivity index (χ2n) is 5.62. The third-order valence-corrected chi connectivity index (χ3v) is 3.75. The van der Waals surface area contributed by atoms with E-state index in [0.717, 1.165) is 17.7 Å². The van der Waals surface area contributed by atoms with Gasteiger partial charge in [-0.1, -0.05) is 57.2 Å². The number of esters is 1. The van der Waals surface area contributed by atoms with Crippen LogP contribution < -0.4 is 5.32 Å². The van der Waals surface area contributed by atoms with Gasteiger partial charge in [0.15, 0.2) is 0 Å². The SMILES string of the molecule is CC.CCc1ccc(NC=NCc2ccccc2)cc1C(C)OC(C)=O. The lowest BCUT2D eigenvalue weighted by Crippen LogP contribution is -2.08. The van der Waals surface area contributed by atoms with Gasteiger partial charge in [-0.25, -0.2) is 0 Å². The van der Waals surface area contributed by atoms with Crippen LogP contribution in [0, 0.1) is 0 Å². The van der Waals surface area contributed by atoms with Gasteiger partial charge >= 0.3 is 5.97 Å². The van der Waals surface area contributed by atoms with Gasteiger partial charge < -0.3 is 10.1 Å². The highest BCUT2D eigenvalue weighted by Crippen LogP contribution is 2.25. The minimum Gasteiger partial charge on any atom is -0.458 e. The Kier molecular flexibility index (Phi) is 9.77. The number of hydrogen-bond donors (Lipinski definition) is 1. The van der Waals surface area contributed by atoms with Gasteiger partial charge in [0.05, 0.1) is 12.9 Å². The average Bonchev–Trinajstić information content (AvgIpc) is 2.67. The number of nitrogens with one attached hydrogen (secondary N) is 1. The molecule has 0 heterocycles. The summed E-state index contributed by atoms with van der Waals surface area (Å²) in [5, 5.41) is 3.18. The van der Waals surface area contributed by atoms with Crippen LogP contribution in [0.15, 0.2) is 53.5 Å². The summed E-state index contributed by atoms with van der Waals surface area (Å²) < 4.78 is 5.32. The fraction of sp³-hybridized carbons (Fsp3) is 0.364. The van der Waals surface area contributed by atoms with E-state index in [1.807, 2.05) is 63.2 Å². The summed E-state index contributed by atoms with van der Waals surface area (Å²) in [4.78, 5) is 15.6. The summed E-state index contributed by atoms with van der Waals surface area (Å²) in [6, 6.07) is 16.2. The molecule has 1 N–H and O–H groups in total. The molecule has 1 atom stereocenters. The second-order valence-corrected chi connectivity index (χ2v) is 5.62. The number of hydrogen-bond acceptors (Lipinski definition) is 3. The lowest BCUT2D eigenvalue weighted by atomic mass is 10.0. The van der Waals surface area contributed by atoms with Crippen molar-refractivity contribution in [2.24, 2.45) is 4.99 Å². The minimum absolute atomic E-state index is 0.263. The van der Waals surface area contributed by atoms with Crippen molar-refractivity contribution in [3.8, 4) is 0 Å². The fourth-order valence-electron chi connectivity index (χ4n) is 2.55. The molecule has 0 aliphatic rings. The molecule has 4 heteroatoms. The highest BCUT2D eigenvalue weighted by atomic mass is 16.5. The lowest BCUT2D eigenvalue weighted by Gasteiger charge is -2.17. The Morgan fingerprint density at radius 2 is 1.88 bits per heavy atom. The molecular formula is C22H30N2O2. The number of benzene rings is 2. The number of anilines is 1. The number of carbonyl (C=O) groups excluding carboxylic acids is 1. The zero-order valence-electron chi connectivity index (χ0n) is 16.5. The number of ether oxygens (including phenoxy) is 1. The fourth-order valence-corrected chi connectivity index (χ4v) is 2.55. The molecule has 0 fully saturated rings. The van der Waals surface area contributed by atoms with Gasteiger partial charge in [0.1, 0.15) is 6.10 Å². The molecule has 1 unspecified atom stereocenters. The number of aryl methyl sites for hydroxylation is 1. The molecule has 26 heavy (non-hydrogen) atoms. The highest BCUT2D eigenvalue weighted by molar-refractivity contribution is 5.76. The van der Waals surface area contributed by atoms with Crippen LogP contribution in [0.25, 0.3) is 0 Å². The zero-order chi connectivity index (χ0) is 19.4. The minimum atomic E-state index is -0.271. The van der Waals surface area contributed by atoms with Crippen molar-refractivity contribution >= 4 is 18.0 Å². The third-order valence-electron chi connectivity index (χ3n) is 3.75. The van der Waals surface area contributed by atoms with Crippen LogP contribution in [0.3, 0.4) is 0 Å². The largest absolute Gasteiger partial charge is 0.458 e. The molecule has 0 radical (unpaired) electrons. The van der Waals surface area contributed by atoms with Crippen molar-refractivity contribution in [1.82, 2.24) is 0 Å². The molecular weight excluding hydrogens is 324 g/mol. The lowest BCUT2D eigenvalue weighted by molar-refractivity contribution is -0.145. The quantitative estimate of drug-likeness (QED) is 0.403. The van der Waals surface area contributed by atoms with Crippen LogP contribution in [0.1, 0.15) is 57.4 Å². The summed E-state index contributed by atoms with van der Waals surface area (Å²) in [5.74, 6) is -0.271. The van der Waals surface area contributed by atoms with E-state index in [2.05, 4.69) is 23.3 Å². The first-order valence-corrected chi connectivity index (χ1v) is 9.19. The van der Waals surface area contributed by atoms with Gasteiger partial charge in [0.25, 0.3) is 0 Å². The highest BCUT2D eigenvalue weighted by Gasteiger charge is 2.13. The Balaban J connectivity index is 0.00000163. The van der Waals surface area contributed by atoms with Gasteiger partial charge in [0.2, 0.25) is 0 Å². The predicted octanol–water partition coefficient (Wildman–Crippen LogP) is 5.54. The van der Waals surface area contributed by atoms with Gasteiger partial charge in [-0.05, 0) is 42.2 Å². The van der Waals surface area contributed by atoms with E-state index in [-0.39, 0.29) is 12.1 Å². The van der Waals surface area contributed by atoms with E-state index in [0.29, 0.717) is 6.54 Å². The van der Waals surface area contributed by atoms with Crippen LogP contribution in [0.4, 0.5) is 5.69 Å². The van der Waals surface area contributed by atoms with E-state index in [1.165, 1.54) is 18.1 Å². The molecule has 2 rings (SSSR count). The number of nitrogens with zero attached hydrogens (tertiary/aromatic N) is 1. The van der Waals surface area contributed by atoms with Gasteiger partial charge in [-0.3, -0.25) is 9.79 Å². The van der Waals surface area contributed by atoms with E-state index in [4.69, 9.17) is 4.74 Å². The molecule has 140 valence electrons. The monoisotopic (exact) mass is 354 g/mol. The zero-order valence-corrected chi connectivity index (χ0v) is 16.5. The molecule has 0 bridgehead atoms. The van der Waals surface area contributed by atoms with Gasteiger partial charge in [0, 0.05) is 12.6 Å². The van der Waals surface area contributed by atoms with E-state index in [1.54, 1.807) is 6.34 Å². The molecule has 0 aliphatic heterocycles. The number of aliphatic imine (C=N–C) groups is 1. The molecule has 2 aromatic carbocycles. The molecule has 0 aromatic heterocycles. The normalized spacial score (nSPS) is 11.4. The van der Waals surface area contributed by atoms with Crippen molar-refractivity contribution < 1.29 is 9.53 Å². The van der Waals surface area contributed by atoms with Crippen LogP contribution in [-0.4, -0.2) is 12.3 Å². The van der Waals surface area contributed by atoms with E-state index >= 15 is 0 Å². The number of carbonyl (C=O) groups is 1. The summed E-state index contributed by atoms with van der Waals surface area (Å²) >= 11 is 0. The Morgan fingerprint density at radius 1 is 1.19 bits per heavy atom. The molecule has 2 aromatic rings. The predicted molar refractivity (Wildman–Crippen MR) is 110 cm³/mol. The van der Waals surface area contributed by atoms with Crippen molar-refractivity contribution in [2.45, 2.75) is 53.7 Å². The van der Waals surface area contributed by atoms with Crippen LogP contribution >= 0.6 is 0 Å². The first-order valence-electron chi connectivity index (χ1n) is 9.19. The van der Waals surface area contributed by atoms with Crippen LogP contribution in [0.2, 0.25) is 0 Å². The molecule has 4 nitrogen and oxygen atoms in total. The maximum absolute atomic E-state index is 11.2. The Bertz CT molecular complexity index is 697. The molecule has 0 spiro atoms. The Hall–Kier alpha value is -2.62. The maximum Gasteiger partial charge on any atom is 0.303 e. The van der Waals surface area contributed by atoms with Crippen molar-refractivity contribution in [1.29, 1.82) is 0 Å². The Morgan fingerprint density at radius 3 is 2.50 bits per heavy atom. The van der Waals surface area contributed by atoms with Crippen molar-refractivity contribution in [3.05, 3.63) is 65.2 Å². The first kappa shape index (κ1) is 21.4. The van der Waals surface area contributed by atoms with Crippen LogP contribution in [-0.2, 0) is 22.5 Å². The molecule has 0 saturated heterocycles. The molecule has 0 aliphatic carbocycles. The van der Waals surface area contributed by atoms with Gasteiger partial charge in [-0.15, -0.1) is 0 Å². The number of rotatable bonds is 7. The summed E-state index contributed by atoms with van der Waals surface area (Å²) in [6.07, 6.45) is 2.33. The average molecular weight is 354 g/mol.